The van der Waals surface area contributed by atoms with Crippen molar-refractivity contribution in [3.63, 3.8) is 0 Å². The smallest absolute Gasteiger partial charge is 0.175 e. The molecular formula is C15H19N7. The number of rotatable bonds is 6. The van der Waals surface area contributed by atoms with E-state index in [2.05, 4.69) is 29.7 Å². The van der Waals surface area contributed by atoms with E-state index in [0.717, 1.165) is 36.8 Å². The van der Waals surface area contributed by atoms with Gasteiger partial charge in [-0.05, 0) is 31.5 Å². The van der Waals surface area contributed by atoms with Crippen LogP contribution in [0.3, 0.4) is 0 Å². The predicted molar refractivity (Wildman–Crippen MR) is 84.0 cm³/mol. The molecule has 3 heterocycles. The molecule has 0 aliphatic heterocycles. The fourth-order valence-corrected chi connectivity index (χ4v) is 2.21. The minimum absolute atomic E-state index is 0.726. The minimum Gasteiger partial charge on any atom is -0.358 e. The quantitative estimate of drug-likeness (QED) is 0.693. The normalized spacial score (nSPS) is 10.8. The summed E-state index contributed by atoms with van der Waals surface area (Å²) in [7, 11) is 2.02. The molecule has 0 amide bonds. The van der Waals surface area contributed by atoms with Crippen LogP contribution in [-0.2, 0) is 6.54 Å². The molecule has 0 unspecified atom stereocenters. The number of hydrogen-bond donors (Lipinski definition) is 0. The molecule has 22 heavy (non-hydrogen) atoms. The summed E-state index contributed by atoms with van der Waals surface area (Å²) in [6, 6.07) is 5.84. The third kappa shape index (κ3) is 3.30. The number of aromatic nitrogens is 6. The summed E-state index contributed by atoms with van der Waals surface area (Å²) in [5.74, 6) is 1.59. The second-order valence-electron chi connectivity index (χ2n) is 5.23. The van der Waals surface area contributed by atoms with E-state index in [9.17, 15) is 0 Å². The Morgan fingerprint density at radius 2 is 2.05 bits per heavy atom. The van der Waals surface area contributed by atoms with Crippen molar-refractivity contribution in [2.24, 2.45) is 0 Å². The van der Waals surface area contributed by atoms with Gasteiger partial charge >= 0.3 is 0 Å². The van der Waals surface area contributed by atoms with E-state index in [4.69, 9.17) is 0 Å². The Kier molecular flexibility index (Phi) is 4.13. The van der Waals surface area contributed by atoms with Gasteiger partial charge < -0.3 is 9.47 Å². The molecule has 0 atom stereocenters. The highest BCUT2D eigenvalue weighted by atomic mass is 15.4. The lowest BCUT2D eigenvalue weighted by atomic mass is 10.3. The Bertz CT molecular complexity index is 700. The van der Waals surface area contributed by atoms with Crippen molar-refractivity contribution in [1.29, 1.82) is 0 Å². The third-order valence-corrected chi connectivity index (χ3v) is 3.45. The SMILES string of the molecule is Cc1ccn(-c2ccc(N(C)CCCn3ccnc3)nn2)n1. The van der Waals surface area contributed by atoms with Crippen LogP contribution in [0.5, 0.6) is 0 Å². The third-order valence-electron chi connectivity index (χ3n) is 3.45. The molecule has 114 valence electrons. The van der Waals surface area contributed by atoms with E-state index < -0.39 is 0 Å². The number of anilines is 1. The van der Waals surface area contributed by atoms with Gasteiger partial charge in [-0.15, -0.1) is 10.2 Å². The molecule has 3 rings (SSSR count). The summed E-state index contributed by atoms with van der Waals surface area (Å²) in [6.45, 7) is 3.81. The maximum absolute atomic E-state index is 4.33. The van der Waals surface area contributed by atoms with Gasteiger partial charge in [0.1, 0.15) is 0 Å². The molecule has 3 aromatic rings. The van der Waals surface area contributed by atoms with E-state index in [1.807, 2.05) is 50.9 Å². The first-order valence-electron chi connectivity index (χ1n) is 7.25. The Labute approximate surface area is 129 Å². The highest BCUT2D eigenvalue weighted by Gasteiger charge is 2.05. The second-order valence-corrected chi connectivity index (χ2v) is 5.23. The van der Waals surface area contributed by atoms with Gasteiger partial charge in [-0.3, -0.25) is 0 Å². The van der Waals surface area contributed by atoms with Gasteiger partial charge in [0.05, 0.1) is 12.0 Å². The Hall–Kier alpha value is -2.70. The van der Waals surface area contributed by atoms with Crippen molar-refractivity contribution in [1.82, 2.24) is 29.5 Å². The fourth-order valence-electron chi connectivity index (χ4n) is 2.21. The van der Waals surface area contributed by atoms with E-state index >= 15 is 0 Å². The maximum Gasteiger partial charge on any atom is 0.175 e. The van der Waals surface area contributed by atoms with Crippen molar-refractivity contribution in [3.05, 3.63) is 48.8 Å². The molecule has 3 aromatic heterocycles. The lowest BCUT2D eigenvalue weighted by Gasteiger charge is -2.17. The van der Waals surface area contributed by atoms with Crippen LogP contribution in [0.1, 0.15) is 12.1 Å². The molecule has 0 bridgehead atoms. The molecule has 0 saturated carbocycles. The first-order valence-corrected chi connectivity index (χ1v) is 7.25. The summed E-state index contributed by atoms with van der Waals surface area (Å²) in [4.78, 5) is 6.14. The largest absolute Gasteiger partial charge is 0.358 e. The zero-order valence-corrected chi connectivity index (χ0v) is 12.8. The molecular weight excluding hydrogens is 278 g/mol. The van der Waals surface area contributed by atoms with Crippen molar-refractivity contribution < 1.29 is 0 Å². The summed E-state index contributed by atoms with van der Waals surface area (Å²) < 4.78 is 3.80. The molecule has 0 saturated heterocycles. The highest BCUT2D eigenvalue weighted by Crippen LogP contribution is 2.10. The van der Waals surface area contributed by atoms with Crippen LogP contribution in [-0.4, -0.2) is 43.1 Å². The molecule has 0 aromatic carbocycles. The van der Waals surface area contributed by atoms with Gasteiger partial charge in [0.15, 0.2) is 11.6 Å². The Morgan fingerprint density at radius 1 is 1.14 bits per heavy atom. The average Bonchev–Trinajstić information content (AvgIpc) is 3.19. The fraction of sp³-hybridized carbons (Fsp3) is 0.333. The standard InChI is InChI=1S/C15H19N7/c1-13-6-10-22(19-13)15-5-4-14(17-18-15)20(2)8-3-9-21-11-7-16-12-21/h4-7,10-12H,3,8-9H2,1-2H3. The first kappa shape index (κ1) is 14.2. The van der Waals surface area contributed by atoms with E-state index in [1.165, 1.54) is 0 Å². The lowest BCUT2D eigenvalue weighted by molar-refractivity contribution is 0.634. The van der Waals surface area contributed by atoms with Crippen LogP contribution in [0.4, 0.5) is 5.82 Å². The van der Waals surface area contributed by atoms with Crippen LogP contribution in [0.15, 0.2) is 43.1 Å². The average molecular weight is 297 g/mol. The van der Waals surface area contributed by atoms with Crippen molar-refractivity contribution in [3.8, 4) is 5.82 Å². The van der Waals surface area contributed by atoms with Crippen molar-refractivity contribution in [2.45, 2.75) is 19.9 Å². The van der Waals surface area contributed by atoms with Gasteiger partial charge in [-0.2, -0.15) is 5.10 Å². The summed E-state index contributed by atoms with van der Waals surface area (Å²) in [5, 5.41) is 12.8. The van der Waals surface area contributed by atoms with Crippen LogP contribution in [0.25, 0.3) is 5.82 Å². The van der Waals surface area contributed by atoms with Gasteiger partial charge in [-0.25, -0.2) is 9.67 Å². The molecule has 0 spiro atoms. The first-order chi connectivity index (χ1) is 10.7. The van der Waals surface area contributed by atoms with Gasteiger partial charge in [0, 0.05) is 38.7 Å². The molecule has 0 radical (unpaired) electrons. The number of aryl methyl sites for hydroxylation is 2. The summed E-state index contributed by atoms with van der Waals surface area (Å²) in [5.41, 5.74) is 0.961. The molecule has 0 N–H and O–H groups in total. The van der Waals surface area contributed by atoms with Crippen LogP contribution < -0.4 is 4.90 Å². The zero-order chi connectivity index (χ0) is 15.4. The molecule has 0 aliphatic rings. The van der Waals surface area contributed by atoms with E-state index in [-0.39, 0.29) is 0 Å². The lowest BCUT2D eigenvalue weighted by Crippen LogP contribution is -2.21. The van der Waals surface area contributed by atoms with Gasteiger partial charge in [-0.1, -0.05) is 0 Å². The second kappa shape index (κ2) is 6.38. The van der Waals surface area contributed by atoms with Crippen molar-refractivity contribution >= 4 is 5.82 Å². The number of imidazole rings is 1. The van der Waals surface area contributed by atoms with Crippen LogP contribution in [0, 0.1) is 6.92 Å². The van der Waals surface area contributed by atoms with E-state index in [1.54, 1.807) is 10.9 Å². The molecule has 7 heteroatoms. The Balaban J connectivity index is 1.57. The van der Waals surface area contributed by atoms with E-state index in [0.29, 0.717) is 0 Å². The minimum atomic E-state index is 0.726. The number of hydrogen-bond acceptors (Lipinski definition) is 5. The van der Waals surface area contributed by atoms with Crippen LogP contribution >= 0.6 is 0 Å². The van der Waals surface area contributed by atoms with Crippen molar-refractivity contribution in [2.75, 3.05) is 18.5 Å². The zero-order valence-electron chi connectivity index (χ0n) is 12.8. The highest BCUT2D eigenvalue weighted by molar-refractivity contribution is 5.38. The molecule has 0 fully saturated rings. The molecule has 7 nitrogen and oxygen atoms in total. The maximum atomic E-state index is 4.33. The summed E-state index contributed by atoms with van der Waals surface area (Å²) >= 11 is 0. The van der Waals surface area contributed by atoms with Gasteiger partial charge in [0.2, 0.25) is 0 Å². The Morgan fingerprint density at radius 3 is 2.68 bits per heavy atom. The monoisotopic (exact) mass is 297 g/mol. The van der Waals surface area contributed by atoms with Crippen LogP contribution in [0.2, 0.25) is 0 Å². The molecule has 0 aliphatic carbocycles. The summed E-state index contributed by atoms with van der Waals surface area (Å²) in [6.07, 6.45) is 8.51. The topological polar surface area (TPSA) is 64.7 Å². The van der Waals surface area contributed by atoms with Gasteiger partial charge in [0.25, 0.3) is 0 Å². The number of nitrogens with zero attached hydrogens (tertiary/aromatic N) is 7. The predicted octanol–water partition coefficient (Wildman–Crippen LogP) is 1.69.